The van der Waals surface area contributed by atoms with E-state index in [1.165, 1.54) is 5.70 Å². The molecule has 0 aliphatic carbocycles. The number of likely N-dealkylation sites (tertiary alicyclic amines) is 2. The van der Waals surface area contributed by atoms with E-state index in [1.54, 1.807) is 6.92 Å². The van der Waals surface area contributed by atoms with Crippen molar-refractivity contribution >= 4 is 11.9 Å². The van der Waals surface area contributed by atoms with Gasteiger partial charge in [0.05, 0.1) is 0 Å². The lowest BCUT2D eigenvalue weighted by Crippen LogP contribution is -2.47. The number of hydrogen-bond donors (Lipinski definition) is 0. The van der Waals surface area contributed by atoms with E-state index in [2.05, 4.69) is 39.0 Å². The topological polar surface area (TPSA) is 65.7 Å². The summed E-state index contributed by atoms with van der Waals surface area (Å²) < 4.78 is 5.23. The van der Waals surface area contributed by atoms with Gasteiger partial charge in [-0.1, -0.05) is 12.1 Å². The maximum atomic E-state index is 12.3. The summed E-state index contributed by atoms with van der Waals surface area (Å²) >= 11 is 0. The van der Waals surface area contributed by atoms with E-state index >= 15 is 0 Å². The minimum absolute atomic E-state index is 0.349. The number of hydrogen-bond acceptors (Lipinski definition) is 6. The summed E-state index contributed by atoms with van der Waals surface area (Å²) in [4.78, 5) is 23.0. The summed E-state index contributed by atoms with van der Waals surface area (Å²) in [6, 6.07) is 1.30. The van der Waals surface area contributed by atoms with Gasteiger partial charge in [-0.3, -0.25) is 9.69 Å². The van der Waals surface area contributed by atoms with Gasteiger partial charge in [-0.05, 0) is 50.8 Å². The largest absolute Gasteiger partial charge is 0.371 e. The molecule has 3 aliphatic rings. The zero-order valence-electron chi connectivity index (χ0n) is 16.0. The molecule has 1 aromatic heterocycles. The quantitative estimate of drug-likeness (QED) is 0.813. The Morgan fingerprint density at radius 3 is 2.74 bits per heavy atom. The normalized spacial score (nSPS) is 23.9. The van der Waals surface area contributed by atoms with Gasteiger partial charge >= 0.3 is 6.01 Å². The summed E-state index contributed by atoms with van der Waals surface area (Å²) in [5.74, 6) is 0.968. The van der Waals surface area contributed by atoms with Crippen LogP contribution in [0, 0.1) is 6.92 Å². The van der Waals surface area contributed by atoms with Gasteiger partial charge in [0.15, 0.2) is 5.82 Å². The molecule has 0 bridgehead atoms. The fourth-order valence-electron chi connectivity index (χ4n) is 4.29. The summed E-state index contributed by atoms with van der Waals surface area (Å²) in [6.07, 6.45) is 14.9. The van der Waals surface area contributed by atoms with Crippen molar-refractivity contribution in [2.24, 2.45) is 0 Å². The van der Waals surface area contributed by atoms with Crippen LogP contribution in [0.2, 0.25) is 0 Å². The molecule has 0 N–H and O–H groups in total. The van der Waals surface area contributed by atoms with Gasteiger partial charge in [-0.2, -0.15) is 4.98 Å². The lowest BCUT2D eigenvalue weighted by molar-refractivity contribution is -0.132. The highest BCUT2D eigenvalue weighted by Crippen LogP contribution is 2.30. The maximum absolute atomic E-state index is 12.3. The molecule has 144 valence electrons. The molecule has 1 aromatic rings. The Balaban J connectivity index is 1.38. The lowest BCUT2D eigenvalue weighted by atomic mass is 10.0. The maximum Gasteiger partial charge on any atom is 0.332 e. The molecular formula is C20H27N5O2. The molecule has 0 radical (unpaired) electrons. The van der Waals surface area contributed by atoms with Crippen LogP contribution in [0.1, 0.15) is 44.9 Å². The number of carbonyl (C=O) groups excluding carboxylic acids is 1. The van der Waals surface area contributed by atoms with E-state index in [0.717, 1.165) is 45.2 Å². The van der Waals surface area contributed by atoms with Crippen molar-refractivity contribution < 1.29 is 9.32 Å². The van der Waals surface area contributed by atoms with Crippen LogP contribution in [-0.2, 0) is 4.79 Å². The number of carbonyl (C=O) groups is 1. The summed E-state index contributed by atoms with van der Waals surface area (Å²) in [7, 11) is 0. The van der Waals surface area contributed by atoms with Crippen LogP contribution in [0.5, 0.6) is 0 Å². The van der Waals surface area contributed by atoms with Crippen LogP contribution < -0.4 is 4.90 Å². The molecule has 2 fully saturated rings. The number of anilines is 1. The minimum atomic E-state index is 0.349. The summed E-state index contributed by atoms with van der Waals surface area (Å²) in [6.45, 7) is 5.93. The van der Waals surface area contributed by atoms with Crippen molar-refractivity contribution in [1.29, 1.82) is 0 Å². The number of allylic oxidation sites excluding steroid dienone is 3. The number of amides is 1. The van der Waals surface area contributed by atoms with E-state index in [9.17, 15) is 4.79 Å². The monoisotopic (exact) mass is 369 g/mol. The number of aryl methyl sites for hydroxylation is 1. The Labute approximate surface area is 160 Å². The van der Waals surface area contributed by atoms with Gasteiger partial charge in [0.2, 0.25) is 5.91 Å². The van der Waals surface area contributed by atoms with Gasteiger partial charge in [0, 0.05) is 49.7 Å². The zero-order valence-corrected chi connectivity index (χ0v) is 16.0. The van der Waals surface area contributed by atoms with Crippen LogP contribution in [0.25, 0.3) is 0 Å². The van der Waals surface area contributed by atoms with E-state index in [4.69, 9.17) is 4.52 Å². The summed E-state index contributed by atoms with van der Waals surface area (Å²) in [5, 5.41) is 3.84. The third-order valence-corrected chi connectivity index (χ3v) is 5.72. The third-order valence-electron chi connectivity index (χ3n) is 5.72. The highest BCUT2D eigenvalue weighted by Gasteiger charge is 2.36. The standard InChI is InChI=1S/C20H27N5O2/c1-3-16-6-7-19(26)25(16)18-9-12-23(13-10-18)17-5-4-11-24(14-8-17)20-21-15(2)22-27-20/h4-5,8,11,14,16,18H,3,6-7,9-10,12-13H2,1-2H3/t16-/m0/s1. The molecule has 1 atom stereocenters. The second-order valence-corrected chi connectivity index (χ2v) is 7.40. The highest BCUT2D eigenvalue weighted by atomic mass is 16.5. The van der Waals surface area contributed by atoms with Crippen LogP contribution in [0.15, 0.2) is 40.8 Å². The second kappa shape index (κ2) is 7.58. The first-order valence-electron chi connectivity index (χ1n) is 9.87. The van der Waals surface area contributed by atoms with Crippen LogP contribution in [0.4, 0.5) is 6.01 Å². The Hall–Kier alpha value is -2.57. The first kappa shape index (κ1) is 17.8. The number of aromatic nitrogens is 2. The second-order valence-electron chi connectivity index (χ2n) is 7.40. The fraction of sp³-hybridized carbons (Fsp3) is 0.550. The van der Waals surface area contributed by atoms with Crippen LogP contribution in [0.3, 0.4) is 0 Å². The summed E-state index contributed by atoms with van der Waals surface area (Å²) in [5.41, 5.74) is 1.17. The molecule has 0 saturated carbocycles. The van der Waals surface area contributed by atoms with E-state index < -0.39 is 0 Å². The van der Waals surface area contributed by atoms with Crippen molar-refractivity contribution in [3.63, 3.8) is 0 Å². The van der Waals surface area contributed by atoms with Crippen LogP contribution >= 0.6 is 0 Å². The molecule has 0 unspecified atom stereocenters. The zero-order chi connectivity index (χ0) is 18.8. The Bertz CT molecular complexity index is 773. The first-order valence-corrected chi connectivity index (χ1v) is 9.87. The van der Waals surface area contributed by atoms with E-state index in [-0.39, 0.29) is 0 Å². The molecule has 1 amide bonds. The Morgan fingerprint density at radius 2 is 2.04 bits per heavy atom. The smallest absolute Gasteiger partial charge is 0.332 e. The predicted octanol–water partition coefficient (Wildman–Crippen LogP) is 2.97. The highest BCUT2D eigenvalue weighted by molar-refractivity contribution is 5.79. The van der Waals surface area contributed by atoms with Crippen molar-refractivity contribution in [3.05, 3.63) is 42.1 Å². The van der Waals surface area contributed by atoms with Gasteiger partial charge in [-0.25, -0.2) is 0 Å². The number of piperidine rings is 1. The van der Waals surface area contributed by atoms with Gasteiger partial charge in [-0.15, -0.1) is 0 Å². The third kappa shape index (κ3) is 3.63. The first-order chi connectivity index (χ1) is 13.2. The molecular weight excluding hydrogens is 342 g/mol. The van der Waals surface area contributed by atoms with Gasteiger partial charge < -0.3 is 14.3 Å². The van der Waals surface area contributed by atoms with Gasteiger partial charge in [0.25, 0.3) is 0 Å². The molecule has 3 aliphatic heterocycles. The molecule has 0 aromatic carbocycles. The lowest BCUT2D eigenvalue weighted by Gasteiger charge is -2.40. The van der Waals surface area contributed by atoms with Crippen molar-refractivity contribution in [2.45, 2.75) is 58.0 Å². The fourth-order valence-corrected chi connectivity index (χ4v) is 4.29. The number of rotatable bonds is 4. The van der Waals surface area contributed by atoms with Crippen molar-refractivity contribution in [2.75, 3.05) is 18.0 Å². The van der Waals surface area contributed by atoms with Crippen LogP contribution in [-0.4, -0.2) is 51.0 Å². The van der Waals surface area contributed by atoms with E-state index in [1.807, 2.05) is 23.4 Å². The Morgan fingerprint density at radius 1 is 1.22 bits per heavy atom. The Kier molecular flexibility index (Phi) is 5.01. The molecule has 2 saturated heterocycles. The van der Waals surface area contributed by atoms with Crippen molar-refractivity contribution in [1.82, 2.24) is 19.9 Å². The minimum Gasteiger partial charge on any atom is -0.371 e. The predicted molar refractivity (Wildman–Crippen MR) is 103 cm³/mol. The molecule has 4 heterocycles. The SMILES string of the molecule is CC[C@H]1CCC(=O)N1C1CCN(C2=CC=CN(c3nc(C)no3)C=C2)CC1. The molecule has 0 spiro atoms. The van der Waals surface area contributed by atoms with Gasteiger partial charge in [0.1, 0.15) is 0 Å². The average molecular weight is 369 g/mol. The molecule has 7 heteroatoms. The van der Waals surface area contributed by atoms with E-state index in [0.29, 0.717) is 29.8 Å². The molecule has 4 rings (SSSR count). The average Bonchev–Trinajstić information content (AvgIpc) is 3.19. The molecule has 27 heavy (non-hydrogen) atoms. The molecule has 7 nitrogen and oxygen atoms in total. The van der Waals surface area contributed by atoms with Crippen molar-refractivity contribution in [3.8, 4) is 0 Å². The number of nitrogens with zero attached hydrogens (tertiary/aromatic N) is 5.